The summed E-state index contributed by atoms with van der Waals surface area (Å²) in [7, 11) is 0. The number of carbonyl (C=O) groups is 1. The lowest BCUT2D eigenvalue weighted by atomic mass is 10.0. The molecule has 1 rings (SSSR count). The van der Waals surface area contributed by atoms with Gasteiger partial charge < -0.3 is 5.32 Å². The van der Waals surface area contributed by atoms with Crippen LogP contribution in [0, 0.1) is 0 Å². The monoisotopic (exact) mass is 307 g/mol. The lowest BCUT2D eigenvalue weighted by molar-refractivity contribution is -0.118. The molecule has 0 radical (unpaired) electrons. The van der Waals surface area contributed by atoms with Gasteiger partial charge in [0.05, 0.1) is 0 Å². The third-order valence-corrected chi connectivity index (χ3v) is 3.19. The molecular formula is C11H18INO. The molecule has 1 heterocycles. The minimum absolute atomic E-state index is 0.158. The molecule has 0 aromatic heterocycles. The fourth-order valence-electron chi connectivity index (χ4n) is 1.59. The summed E-state index contributed by atoms with van der Waals surface area (Å²) in [4.78, 5) is 11.3. The molecule has 2 nitrogen and oxygen atoms in total. The molecule has 3 heteroatoms. The van der Waals surface area contributed by atoms with E-state index in [1.807, 2.05) is 0 Å². The average Bonchev–Trinajstić information content (AvgIpc) is 2.20. The van der Waals surface area contributed by atoms with Crippen LogP contribution in [0.2, 0.25) is 0 Å². The summed E-state index contributed by atoms with van der Waals surface area (Å²) in [6.45, 7) is 0.852. The van der Waals surface area contributed by atoms with Gasteiger partial charge in [0.25, 0.3) is 0 Å². The van der Waals surface area contributed by atoms with Gasteiger partial charge in [-0.3, -0.25) is 4.79 Å². The molecular weight excluding hydrogens is 289 g/mol. The van der Waals surface area contributed by atoms with E-state index in [1.54, 1.807) is 0 Å². The number of rotatable bonds is 5. The smallest absolute Gasteiger partial charge is 0.246 e. The van der Waals surface area contributed by atoms with Gasteiger partial charge in [0.1, 0.15) is 0 Å². The number of nitrogens with one attached hydrogen (secondary N) is 1. The largest absolute Gasteiger partial charge is 0.352 e. The number of piperidine rings is 1. The highest BCUT2D eigenvalue weighted by Gasteiger charge is 2.12. The normalized spacial score (nSPS) is 19.8. The quantitative estimate of drug-likeness (QED) is 0.360. The molecule has 0 saturated carbocycles. The Hall–Kier alpha value is -0.0600. The molecule has 0 aliphatic carbocycles. The number of unbranched alkanes of at least 4 members (excludes halogenated alkanes) is 3. The third kappa shape index (κ3) is 4.44. The summed E-state index contributed by atoms with van der Waals surface area (Å²) >= 11 is 2.41. The molecule has 0 atom stereocenters. The second-order valence-electron chi connectivity index (χ2n) is 3.63. The molecule has 0 bridgehead atoms. The summed E-state index contributed by atoms with van der Waals surface area (Å²) < 4.78 is 1.24. The SMILES string of the molecule is O=C1NCCC/C1=C\CCCCCI. The number of hydrogen-bond donors (Lipinski definition) is 1. The summed E-state index contributed by atoms with van der Waals surface area (Å²) in [5.74, 6) is 0.158. The molecule has 0 aromatic rings. The van der Waals surface area contributed by atoms with Gasteiger partial charge in [0.2, 0.25) is 5.91 Å². The maximum absolute atomic E-state index is 11.3. The minimum Gasteiger partial charge on any atom is -0.352 e. The Labute approximate surface area is 99.7 Å². The van der Waals surface area contributed by atoms with Crippen LogP contribution in [0.5, 0.6) is 0 Å². The van der Waals surface area contributed by atoms with Crippen molar-refractivity contribution < 1.29 is 4.79 Å². The molecule has 0 aromatic carbocycles. The molecule has 1 amide bonds. The van der Waals surface area contributed by atoms with Gasteiger partial charge >= 0.3 is 0 Å². The predicted octanol–water partition coefficient (Wildman–Crippen LogP) is 2.82. The zero-order valence-electron chi connectivity index (χ0n) is 8.52. The van der Waals surface area contributed by atoms with Gasteiger partial charge in [-0.2, -0.15) is 0 Å². The summed E-state index contributed by atoms with van der Waals surface area (Å²) in [5, 5.41) is 2.88. The first kappa shape index (κ1) is 12.0. The Kier molecular flexibility index (Phi) is 6.23. The van der Waals surface area contributed by atoms with Gasteiger partial charge in [0, 0.05) is 12.1 Å². The molecule has 1 saturated heterocycles. The van der Waals surface area contributed by atoms with Crippen molar-refractivity contribution >= 4 is 28.5 Å². The number of hydrogen-bond acceptors (Lipinski definition) is 1. The molecule has 14 heavy (non-hydrogen) atoms. The van der Waals surface area contributed by atoms with Crippen molar-refractivity contribution in [1.82, 2.24) is 5.32 Å². The molecule has 80 valence electrons. The van der Waals surface area contributed by atoms with Crippen LogP contribution in [0.1, 0.15) is 38.5 Å². The highest BCUT2D eigenvalue weighted by atomic mass is 127. The second kappa shape index (κ2) is 7.26. The van der Waals surface area contributed by atoms with E-state index in [4.69, 9.17) is 0 Å². The number of carbonyl (C=O) groups excluding carboxylic acids is 1. The maximum atomic E-state index is 11.3. The van der Waals surface area contributed by atoms with E-state index < -0.39 is 0 Å². The highest BCUT2D eigenvalue weighted by molar-refractivity contribution is 14.1. The van der Waals surface area contributed by atoms with Crippen molar-refractivity contribution in [2.24, 2.45) is 0 Å². The summed E-state index contributed by atoms with van der Waals surface area (Å²) in [6, 6.07) is 0. The van der Waals surface area contributed by atoms with Crippen LogP contribution in [0.4, 0.5) is 0 Å². The number of alkyl halides is 1. The minimum atomic E-state index is 0.158. The van der Waals surface area contributed by atoms with E-state index in [2.05, 4.69) is 34.0 Å². The standard InChI is InChI=1S/C11H18INO/c12-8-4-2-1-3-6-10-7-5-9-13-11(10)14/h6H,1-5,7-9H2,(H,13,14)/b10-6+. The van der Waals surface area contributed by atoms with Gasteiger partial charge in [0.15, 0.2) is 0 Å². The Morgan fingerprint density at radius 3 is 2.93 bits per heavy atom. The van der Waals surface area contributed by atoms with E-state index in [1.165, 1.54) is 23.7 Å². The number of halogens is 1. The summed E-state index contributed by atoms with van der Waals surface area (Å²) in [6.07, 6.45) is 9.08. The maximum Gasteiger partial charge on any atom is 0.246 e. The Morgan fingerprint density at radius 2 is 2.21 bits per heavy atom. The zero-order valence-corrected chi connectivity index (χ0v) is 10.7. The van der Waals surface area contributed by atoms with Crippen LogP contribution >= 0.6 is 22.6 Å². The Morgan fingerprint density at radius 1 is 1.36 bits per heavy atom. The number of amides is 1. The topological polar surface area (TPSA) is 29.1 Å². The van der Waals surface area contributed by atoms with Crippen molar-refractivity contribution in [3.8, 4) is 0 Å². The molecule has 1 aliphatic rings. The first-order valence-corrected chi connectivity index (χ1v) is 6.90. The Bertz CT molecular complexity index is 213. The molecule has 1 fully saturated rings. The van der Waals surface area contributed by atoms with Crippen LogP contribution < -0.4 is 5.32 Å². The van der Waals surface area contributed by atoms with Crippen molar-refractivity contribution in [2.75, 3.05) is 11.0 Å². The Balaban J connectivity index is 2.18. The van der Waals surface area contributed by atoms with Crippen LogP contribution in [-0.4, -0.2) is 16.9 Å². The molecule has 1 N–H and O–H groups in total. The summed E-state index contributed by atoms with van der Waals surface area (Å²) in [5.41, 5.74) is 1.01. The fraction of sp³-hybridized carbons (Fsp3) is 0.727. The van der Waals surface area contributed by atoms with Crippen LogP contribution in [0.3, 0.4) is 0 Å². The third-order valence-electron chi connectivity index (χ3n) is 2.43. The van der Waals surface area contributed by atoms with Crippen LogP contribution in [0.25, 0.3) is 0 Å². The first-order valence-electron chi connectivity index (χ1n) is 5.38. The second-order valence-corrected chi connectivity index (χ2v) is 4.71. The fourth-order valence-corrected chi connectivity index (χ4v) is 2.13. The van der Waals surface area contributed by atoms with Crippen molar-refractivity contribution in [3.63, 3.8) is 0 Å². The van der Waals surface area contributed by atoms with E-state index in [9.17, 15) is 4.79 Å². The van der Waals surface area contributed by atoms with E-state index in [-0.39, 0.29) is 5.91 Å². The van der Waals surface area contributed by atoms with Gasteiger partial charge in [-0.1, -0.05) is 35.1 Å². The zero-order chi connectivity index (χ0) is 10.2. The lowest BCUT2D eigenvalue weighted by Gasteiger charge is -2.14. The van der Waals surface area contributed by atoms with E-state index in [0.717, 1.165) is 31.4 Å². The molecule has 1 aliphatic heterocycles. The lowest BCUT2D eigenvalue weighted by Crippen LogP contribution is -2.30. The van der Waals surface area contributed by atoms with Crippen molar-refractivity contribution in [3.05, 3.63) is 11.6 Å². The van der Waals surface area contributed by atoms with Crippen LogP contribution in [-0.2, 0) is 4.79 Å². The van der Waals surface area contributed by atoms with Crippen molar-refractivity contribution in [2.45, 2.75) is 38.5 Å². The van der Waals surface area contributed by atoms with Gasteiger partial charge in [-0.15, -0.1) is 0 Å². The number of allylic oxidation sites excluding steroid dienone is 1. The molecule has 0 spiro atoms. The highest BCUT2D eigenvalue weighted by Crippen LogP contribution is 2.12. The average molecular weight is 307 g/mol. The predicted molar refractivity (Wildman–Crippen MR) is 67.7 cm³/mol. The molecule has 0 unspecified atom stereocenters. The van der Waals surface area contributed by atoms with Gasteiger partial charge in [-0.05, 0) is 36.5 Å². The van der Waals surface area contributed by atoms with Crippen molar-refractivity contribution in [1.29, 1.82) is 0 Å². The van der Waals surface area contributed by atoms with E-state index >= 15 is 0 Å². The van der Waals surface area contributed by atoms with Crippen LogP contribution in [0.15, 0.2) is 11.6 Å². The first-order chi connectivity index (χ1) is 6.84. The van der Waals surface area contributed by atoms with E-state index in [0.29, 0.717) is 0 Å². The van der Waals surface area contributed by atoms with Gasteiger partial charge in [-0.25, -0.2) is 0 Å².